The molecule has 0 aromatic carbocycles. The van der Waals surface area contributed by atoms with Gasteiger partial charge in [0, 0.05) is 0 Å². The maximum Gasteiger partial charge on any atom is 0.206 e. The van der Waals surface area contributed by atoms with E-state index in [1.165, 1.54) is 0 Å². The van der Waals surface area contributed by atoms with Gasteiger partial charge in [0.1, 0.15) is 5.71 Å². The summed E-state index contributed by atoms with van der Waals surface area (Å²) in [6, 6.07) is 0. The average Bonchev–Trinajstić information content (AvgIpc) is 2.12. The first-order valence-electron chi connectivity index (χ1n) is 3.97. The van der Waals surface area contributed by atoms with E-state index >= 15 is 0 Å². The summed E-state index contributed by atoms with van der Waals surface area (Å²) in [5.41, 5.74) is 2.98. The zero-order valence-corrected chi connectivity index (χ0v) is 7.94. The molecule has 68 valence electrons. The Morgan fingerprint density at radius 3 is 2.36 bits per heavy atom. The van der Waals surface area contributed by atoms with Crippen molar-refractivity contribution in [3.63, 3.8) is 0 Å². The van der Waals surface area contributed by atoms with Gasteiger partial charge in [-0.15, -0.1) is 4.95 Å². The van der Waals surface area contributed by atoms with E-state index in [2.05, 4.69) is 15.0 Å². The van der Waals surface area contributed by atoms with Crippen LogP contribution in [0.4, 0.5) is 0 Å². The topological polar surface area (TPSA) is 52.9 Å². The van der Waals surface area contributed by atoms with Gasteiger partial charge in [-0.3, -0.25) is 0 Å². The Bertz CT molecular complexity index is 425. The van der Waals surface area contributed by atoms with Crippen LogP contribution in [0.25, 0.3) is 4.95 Å². The minimum Gasteiger partial charge on any atom is -0.181 e. The Balaban J connectivity index is 3.18. The smallest absolute Gasteiger partial charge is 0.181 e. The molecule has 14 heavy (non-hydrogen) atoms. The van der Waals surface area contributed by atoms with Crippen molar-refractivity contribution in [2.24, 2.45) is 10.1 Å². The van der Waals surface area contributed by atoms with Crippen molar-refractivity contribution in [2.45, 2.75) is 13.8 Å². The molecule has 4 heteroatoms. The predicted molar refractivity (Wildman–Crippen MR) is 54.6 cm³/mol. The fourth-order valence-electron chi connectivity index (χ4n) is 1.27. The highest BCUT2D eigenvalue weighted by Gasteiger charge is 2.13. The lowest BCUT2D eigenvalue weighted by Crippen LogP contribution is -2.10. The summed E-state index contributed by atoms with van der Waals surface area (Å²) in [6.45, 7) is 10.3. The first kappa shape index (κ1) is 9.88. The van der Waals surface area contributed by atoms with Gasteiger partial charge < -0.3 is 0 Å². The van der Waals surface area contributed by atoms with Crippen LogP contribution < -0.4 is 0 Å². The Hall–Kier alpha value is -2.20. The van der Waals surface area contributed by atoms with E-state index in [-0.39, 0.29) is 0 Å². The summed E-state index contributed by atoms with van der Waals surface area (Å²) in [4.78, 5) is 6.64. The molecule has 0 aromatic heterocycles. The van der Waals surface area contributed by atoms with E-state index in [1.807, 2.05) is 13.8 Å². The number of nitriles is 1. The predicted octanol–water partition coefficient (Wildman–Crippen LogP) is 2.09. The first-order chi connectivity index (χ1) is 6.69. The molecular weight excluding hydrogens is 176 g/mol. The van der Waals surface area contributed by atoms with Crippen molar-refractivity contribution < 1.29 is 0 Å². The van der Waals surface area contributed by atoms with Crippen LogP contribution in [0.15, 0.2) is 33.4 Å². The number of allylic oxidation sites excluding steroid dienone is 4. The van der Waals surface area contributed by atoms with Crippen molar-refractivity contribution in [1.29, 1.82) is 5.26 Å². The molecule has 0 saturated heterocycles. The highest BCUT2D eigenvalue weighted by molar-refractivity contribution is 6.23. The van der Waals surface area contributed by atoms with Gasteiger partial charge >= 0.3 is 0 Å². The van der Waals surface area contributed by atoms with Gasteiger partial charge in [0.25, 0.3) is 0 Å². The molecule has 0 aliphatic heterocycles. The number of rotatable bonds is 0. The lowest BCUT2D eigenvalue weighted by atomic mass is 9.97. The van der Waals surface area contributed by atoms with Crippen molar-refractivity contribution in [1.82, 2.24) is 0 Å². The first-order valence-corrected chi connectivity index (χ1v) is 3.97. The van der Waals surface area contributed by atoms with E-state index in [4.69, 9.17) is 11.8 Å². The Morgan fingerprint density at radius 1 is 1.36 bits per heavy atom. The van der Waals surface area contributed by atoms with Crippen molar-refractivity contribution in [2.75, 3.05) is 0 Å². The van der Waals surface area contributed by atoms with Crippen LogP contribution in [0, 0.1) is 18.0 Å². The SMILES string of the molecule is [C-]#[N+]N=C1C=C(C)C(=NC#N)C(C)=C1. The van der Waals surface area contributed by atoms with E-state index in [0.29, 0.717) is 11.4 Å². The van der Waals surface area contributed by atoms with Crippen LogP contribution in [-0.2, 0) is 0 Å². The summed E-state index contributed by atoms with van der Waals surface area (Å²) in [6.07, 6.45) is 5.23. The molecule has 1 aliphatic carbocycles. The molecule has 0 unspecified atom stereocenters. The summed E-state index contributed by atoms with van der Waals surface area (Å²) < 4.78 is 0. The third-order valence-corrected chi connectivity index (χ3v) is 1.80. The average molecular weight is 184 g/mol. The second-order valence-corrected chi connectivity index (χ2v) is 2.84. The van der Waals surface area contributed by atoms with Gasteiger partial charge in [0.15, 0.2) is 0 Å². The summed E-state index contributed by atoms with van der Waals surface area (Å²) in [7, 11) is 0. The normalized spacial score (nSPS) is 14.9. The Kier molecular flexibility index (Phi) is 2.93. The highest BCUT2D eigenvalue weighted by Crippen LogP contribution is 2.14. The number of hydrogen-bond donors (Lipinski definition) is 0. The maximum atomic E-state index is 8.45. The van der Waals surface area contributed by atoms with Gasteiger partial charge in [0.2, 0.25) is 6.19 Å². The Morgan fingerprint density at radius 2 is 1.93 bits per heavy atom. The molecule has 0 spiro atoms. The molecule has 0 fully saturated rings. The van der Waals surface area contributed by atoms with Crippen molar-refractivity contribution in [3.05, 3.63) is 34.8 Å². The lowest BCUT2D eigenvalue weighted by molar-refractivity contribution is 1.39. The van der Waals surface area contributed by atoms with Gasteiger partial charge in [-0.2, -0.15) is 16.8 Å². The summed E-state index contributed by atoms with van der Waals surface area (Å²) in [5, 5.41) is 12.0. The van der Waals surface area contributed by atoms with E-state index in [1.54, 1.807) is 18.3 Å². The van der Waals surface area contributed by atoms with Crippen LogP contribution in [0.2, 0.25) is 0 Å². The summed E-state index contributed by atoms with van der Waals surface area (Å²) in [5.74, 6) is 0. The largest absolute Gasteiger partial charge is 0.206 e. The zero-order chi connectivity index (χ0) is 10.6. The minimum absolute atomic E-state index is 0.604. The monoisotopic (exact) mass is 184 g/mol. The van der Waals surface area contributed by atoms with Crippen LogP contribution in [-0.4, -0.2) is 11.4 Å². The molecule has 0 heterocycles. The fraction of sp³-hybridized carbons (Fsp3) is 0.200. The number of hydrogen-bond acceptors (Lipinski definition) is 3. The highest BCUT2D eigenvalue weighted by atomic mass is 15.2. The molecule has 4 nitrogen and oxygen atoms in total. The van der Waals surface area contributed by atoms with Gasteiger partial charge in [-0.05, 0) is 37.1 Å². The third kappa shape index (κ3) is 1.94. The second kappa shape index (κ2) is 4.15. The number of nitrogens with zero attached hydrogens (tertiary/aromatic N) is 4. The van der Waals surface area contributed by atoms with Gasteiger partial charge in [0.05, 0.1) is 10.8 Å². The molecule has 0 radical (unpaired) electrons. The lowest BCUT2D eigenvalue weighted by Gasteiger charge is -2.09. The Labute approximate surface area is 82.4 Å². The van der Waals surface area contributed by atoms with Crippen LogP contribution in [0.3, 0.4) is 0 Å². The fourth-order valence-corrected chi connectivity index (χ4v) is 1.27. The van der Waals surface area contributed by atoms with E-state index < -0.39 is 0 Å². The second-order valence-electron chi connectivity index (χ2n) is 2.84. The van der Waals surface area contributed by atoms with E-state index in [0.717, 1.165) is 11.1 Å². The molecule has 0 atom stereocenters. The molecule has 1 rings (SSSR count). The number of aliphatic imine (C=N–C) groups is 1. The maximum absolute atomic E-state index is 8.45. The van der Waals surface area contributed by atoms with Crippen LogP contribution in [0.5, 0.6) is 0 Å². The van der Waals surface area contributed by atoms with Crippen LogP contribution >= 0.6 is 0 Å². The van der Waals surface area contributed by atoms with Crippen LogP contribution in [0.1, 0.15) is 13.8 Å². The molecule has 0 bridgehead atoms. The minimum atomic E-state index is 0.604. The molecule has 1 aliphatic rings. The summed E-state index contributed by atoms with van der Waals surface area (Å²) >= 11 is 0. The van der Waals surface area contributed by atoms with Gasteiger partial charge in [-0.25, -0.2) is 0 Å². The van der Waals surface area contributed by atoms with Gasteiger partial charge in [-0.1, -0.05) is 0 Å². The molecule has 0 N–H and O–H groups in total. The standard InChI is InChI=1S/C10H8N4/c1-7-4-9(14-12-3)5-8(2)10(7)13-6-11/h4-5H,1-2H3. The zero-order valence-electron chi connectivity index (χ0n) is 7.94. The molecule has 0 amide bonds. The quantitative estimate of drug-likeness (QED) is 0.246. The molecule has 0 aromatic rings. The molecule has 0 saturated carbocycles. The van der Waals surface area contributed by atoms with Crippen molar-refractivity contribution in [3.8, 4) is 6.19 Å². The van der Waals surface area contributed by atoms with E-state index in [9.17, 15) is 0 Å². The van der Waals surface area contributed by atoms with Crippen molar-refractivity contribution >= 4 is 11.4 Å². The third-order valence-electron chi connectivity index (χ3n) is 1.80. The molecular formula is C10H8N4.